The quantitative estimate of drug-likeness (QED) is 0.588. The van der Waals surface area contributed by atoms with Gasteiger partial charge in [-0.25, -0.2) is 4.98 Å². The Morgan fingerprint density at radius 2 is 1.88 bits per heavy atom. The Kier molecular flexibility index (Phi) is 8.79. The summed E-state index contributed by atoms with van der Waals surface area (Å²) in [6.45, 7) is 9.18. The van der Waals surface area contributed by atoms with Crippen LogP contribution in [-0.4, -0.2) is 84.3 Å². The van der Waals surface area contributed by atoms with E-state index in [1.165, 1.54) is 6.08 Å². The molecule has 1 amide bonds. The van der Waals surface area contributed by atoms with Crippen LogP contribution < -0.4 is 10.2 Å². The Morgan fingerprint density at radius 3 is 2.50 bits per heavy atom. The van der Waals surface area contributed by atoms with Crippen LogP contribution in [0.25, 0.3) is 6.08 Å². The zero-order valence-electron chi connectivity index (χ0n) is 19.3. The van der Waals surface area contributed by atoms with Crippen LogP contribution in [0.5, 0.6) is 0 Å². The van der Waals surface area contributed by atoms with E-state index in [9.17, 15) is 9.90 Å². The number of aliphatic hydroxyl groups excluding tert-OH is 1. The van der Waals surface area contributed by atoms with Crippen molar-refractivity contribution in [3.05, 3.63) is 60.3 Å². The standard InChI is InChI=1S/C25H35N5O2/c1-20(2)28(3)18-23(31)19-29-13-15-30(16-14-29)24-11-10-22(17-26-24)27-25(32)12-9-21-7-5-4-6-8-21/h4-12,17,20,23,31H,13-16,18-19H2,1-3H3,(H,27,32)/b12-9+/t23-/m0/s1. The van der Waals surface area contributed by atoms with Gasteiger partial charge in [0.25, 0.3) is 0 Å². The van der Waals surface area contributed by atoms with E-state index in [1.54, 1.807) is 12.3 Å². The van der Waals surface area contributed by atoms with Crippen molar-refractivity contribution in [2.75, 3.05) is 56.5 Å². The average Bonchev–Trinajstić information content (AvgIpc) is 2.79. The zero-order valence-corrected chi connectivity index (χ0v) is 19.3. The number of anilines is 2. The molecule has 2 heterocycles. The number of β-amino-alcohol motifs (C(OH)–C–C–N with tert-alkyl or cyclic N) is 1. The van der Waals surface area contributed by atoms with Crippen LogP contribution in [-0.2, 0) is 4.79 Å². The van der Waals surface area contributed by atoms with E-state index in [4.69, 9.17) is 0 Å². The van der Waals surface area contributed by atoms with Crippen molar-refractivity contribution < 1.29 is 9.90 Å². The first-order chi connectivity index (χ1) is 15.4. The molecule has 1 aliphatic heterocycles. The molecule has 1 aromatic carbocycles. The number of hydrogen-bond donors (Lipinski definition) is 2. The normalized spacial score (nSPS) is 16.1. The third-order valence-electron chi connectivity index (χ3n) is 5.79. The summed E-state index contributed by atoms with van der Waals surface area (Å²) in [4.78, 5) is 23.4. The molecule has 1 fully saturated rings. The second-order valence-electron chi connectivity index (χ2n) is 8.61. The fourth-order valence-corrected chi connectivity index (χ4v) is 3.63. The summed E-state index contributed by atoms with van der Waals surface area (Å²) in [5, 5.41) is 13.2. The number of pyridine rings is 1. The first-order valence-corrected chi connectivity index (χ1v) is 11.3. The number of aromatic nitrogens is 1. The summed E-state index contributed by atoms with van der Waals surface area (Å²) in [6.07, 6.45) is 4.66. The lowest BCUT2D eigenvalue weighted by Gasteiger charge is -2.37. The number of piperazine rings is 1. The van der Waals surface area contributed by atoms with Gasteiger partial charge < -0.3 is 20.2 Å². The summed E-state index contributed by atoms with van der Waals surface area (Å²) in [6, 6.07) is 14.0. The number of rotatable bonds is 9. The lowest BCUT2D eigenvalue weighted by Crippen LogP contribution is -2.50. The number of nitrogens with zero attached hydrogens (tertiary/aromatic N) is 4. The summed E-state index contributed by atoms with van der Waals surface area (Å²) in [7, 11) is 2.04. The van der Waals surface area contributed by atoms with Crippen LogP contribution in [0.4, 0.5) is 11.5 Å². The van der Waals surface area contributed by atoms with E-state index in [1.807, 2.05) is 49.5 Å². The Labute approximate surface area is 191 Å². The van der Waals surface area contributed by atoms with E-state index in [-0.39, 0.29) is 12.0 Å². The predicted octanol–water partition coefficient (Wildman–Crippen LogP) is 2.56. The highest BCUT2D eigenvalue weighted by Gasteiger charge is 2.21. The van der Waals surface area contributed by atoms with E-state index < -0.39 is 0 Å². The molecule has 1 aromatic heterocycles. The molecule has 0 spiro atoms. The number of benzene rings is 1. The minimum Gasteiger partial charge on any atom is -0.390 e. The van der Waals surface area contributed by atoms with Crippen LogP contribution in [0.15, 0.2) is 54.7 Å². The number of likely N-dealkylation sites (N-methyl/N-ethyl adjacent to an activating group) is 1. The molecule has 1 saturated heterocycles. The van der Waals surface area contributed by atoms with E-state index >= 15 is 0 Å². The molecule has 172 valence electrons. The van der Waals surface area contributed by atoms with Gasteiger partial charge in [-0.15, -0.1) is 0 Å². The monoisotopic (exact) mass is 437 g/mol. The highest BCUT2D eigenvalue weighted by atomic mass is 16.3. The Morgan fingerprint density at radius 1 is 1.16 bits per heavy atom. The lowest BCUT2D eigenvalue weighted by molar-refractivity contribution is -0.111. The van der Waals surface area contributed by atoms with Gasteiger partial charge >= 0.3 is 0 Å². The van der Waals surface area contributed by atoms with Crippen molar-refractivity contribution in [2.45, 2.75) is 26.0 Å². The van der Waals surface area contributed by atoms with Crippen molar-refractivity contribution in [2.24, 2.45) is 0 Å². The van der Waals surface area contributed by atoms with Crippen LogP contribution in [0.2, 0.25) is 0 Å². The maximum Gasteiger partial charge on any atom is 0.248 e. The smallest absolute Gasteiger partial charge is 0.248 e. The molecule has 0 radical (unpaired) electrons. The lowest BCUT2D eigenvalue weighted by atomic mass is 10.2. The van der Waals surface area contributed by atoms with Gasteiger partial charge in [-0.2, -0.15) is 0 Å². The topological polar surface area (TPSA) is 71.9 Å². The Bertz CT molecular complexity index is 862. The molecule has 32 heavy (non-hydrogen) atoms. The minimum atomic E-state index is -0.342. The zero-order chi connectivity index (χ0) is 22.9. The van der Waals surface area contributed by atoms with Crippen molar-refractivity contribution in [3.63, 3.8) is 0 Å². The number of hydrogen-bond acceptors (Lipinski definition) is 6. The largest absolute Gasteiger partial charge is 0.390 e. The van der Waals surface area contributed by atoms with Gasteiger partial charge in [-0.05, 0) is 44.7 Å². The third-order valence-corrected chi connectivity index (χ3v) is 5.79. The van der Waals surface area contributed by atoms with Crippen LogP contribution in [0, 0.1) is 0 Å². The molecule has 3 rings (SSSR count). The van der Waals surface area contributed by atoms with Crippen molar-refractivity contribution >= 4 is 23.5 Å². The fraction of sp³-hybridized carbons (Fsp3) is 0.440. The summed E-state index contributed by atoms with van der Waals surface area (Å²) in [5.41, 5.74) is 1.65. The number of amides is 1. The predicted molar refractivity (Wildman–Crippen MR) is 131 cm³/mol. The first-order valence-electron chi connectivity index (χ1n) is 11.3. The van der Waals surface area contributed by atoms with Gasteiger partial charge in [0.05, 0.1) is 18.0 Å². The van der Waals surface area contributed by atoms with Gasteiger partial charge in [0.2, 0.25) is 5.91 Å². The SMILES string of the molecule is CC(C)N(C)C[C@H](O)CN1CCN(c2ccc(NC(=O)/C=C/c3ccccc3)cn2)CC1. The number of aliphatic hydroxyl groups is 1. The molecule has 0 unspecified atom stereocenters. The molecular formula is C25H35N5O2. The highest BCUT2D eigenvalue weighted by Crippen LogP contribution is 2.16. The fourth-order valence-electron chi connectivity index (χ4n) is 3.63. The first kappa shape index (κ1) is 23.9. The average molecular weight is 438 g/mol. The van der Waals surface area contributed by atoms with Crippen molar-refractivity contribution in [1.82, 2.24) is 14.8 Å². The molecule has 2 aromatic rings. The summed E-state index contributed by atoms with van der Waals surface area (Å²) < 4.78 is 0. The van der Waals surface area contributed by atoms with Gasteiger partial charge in [-0.3, -0.25) is 9.69 Å². The van der Waals surface area contributed by atoms with Crippen molar-refractivity contribution in [1.29, 1.82) is 0 Å². The molecule has 2 N–H and O–H groups in total. The number of carbonyl (C=O) groups is 1. The molecule has 1 atom stereocenters. The second-order valence-corrected chi connectivity index (χ2v) is 8.61. The van der Waals surface area contributed by atoms with Gasteiger partial charge in [0.1, 0.15) is 5.82 Å². The van der Waals surface area contributed by atoms with Crippen LogP contribution in [0.1, 0.15) is 19.4 Å². The molecule has 1 aliphatic rings. The highest BCUT2D eigenvalue weighted by molar-refractivity contribution is 6.01. The summed E-state index contributed by atoms with van der Waals surface area (Å²) >= 11 is 0. The van der Waals surface area contributed by atoms with Gasteiger partial charge in [0, 0.05) is 51.4 Å². The molecular weight excluding hydrogens is 402 g/mol. The molecule has 7 heteroatoms. The Hall–Kier alpha value is -2.74. The molecule has 0 saturated carbocycles. The van der Waals surface area contributed by atoms with Gasteiger partial charge in [-0.1, -0.05) is 30.3 Å². The van der Waals surface area contributed by atoms with Crippen LogP contribution >= 0.6 is 0 Å². The Balaban J connectivity index is 1.43. The van der Waals surface area contributed by atoms with Crippen molar-refractivity contribution in [3.8, 4) is 0 Å². The van der Waals surface area contributed by atoms with E-state index in [0.717, 1.165) is 37.6 Å². The van der Waals surface area contributed by atoms with Gasteiger partial charge in [0.15, 0.2) is 0 Å². The minimum absolute atomic E-state index is 0.182. The molecule has 7 nitrogen and oxygen atoms in total. The van der Waals surface area contributed by atoms with Crippen LogP contribution in [0.3, 0.4) is 0 Å². The number of nitrogens with one attached hydrogen (secondary N) is 1. The summed E-state index contributed by atoms with van der Waals surface area (Å²) in [5.74, 6) is 0.723. The third kappa shape index (κ3) is 7.44. The second kappa shape index (κ2) is 11.8. The maximum absolute atomic E-state index is 12.1. The molecule has 0 aliphatic carbocycles. The maximum atomic E-state index is 12.1. The molecule has 0 bridgehead atoms. The van der Waals surface area contributed by atoms with E-state index in [0.29, 0.717) is 24.8 Å². The van der Waals surface area contributed by atoms with E-state index in [2.05, 4.69) is 38.8 Å². The number of carbonyl (C=O) groups excluding carboxylic acids is 1.